The largest absolute Gasteiger partial charge is 0.495 e. The van der Waals surface area contributed by atoms with Crippen molar-refractivity contribution in [1.29, 1.82) is 0 Å². The van der Waals surface area contributed by atoms with Crippen LogP contribution in [-0.2, 0) is 23.1 Å². The Balaban J connectivity index is 1.69. The molecule has 1 aliphatic heterocycles. The number of fused-ring (bicyclic) bond motifs is 3. The second kappa shape index (κ2) is 6.05. The summed E-state index contributed by atoms with van der Waals surface area (Å²) in [5.41, 5.74) is 2.14. The van der Waals surface area contributed by atoms with Crippen molar-refractivity contribution in [2.24, 2.45) is 0 Å². The maximum atomic E-state index is 13.0. The number of para-hydroxylation sites is 1. The average molecular weight is 377 g/mol. The van der Waals surface area contributed by atoms with Gasteiger partial charge in [0.1, 0.15) is 5.75 Å². The molecule has 3 aromatic rings. The fourth-order valence-corrected chi connectivity index (χ4v) is 5.05. The normalized spacial score (nSPS) is 15.3. The molecule has 0 N–H and O–H groups in total. The monoisotopic (exact) mass is 376 g/mol. The third kappa shape index (κ3) is 2.70. The third-order valence-corrected chi connectivity index (χ3v) is 6.71. The van der Waals surface area contributed by atoms with Crippen LogP contribution in [0.1, 0.15) is 5.69 Å². The summed E-state index contributed by atoms with van der Waals surface area (Å²) in [4.78, 5) is 0.183. The van der Waals surface area contributed by atoms with Gasteiger partial charge in [-0.15, -0.1) is 0 Å². The van der Waals surface area contributed by atoms with Crippen LogP contribution in [0.3, 0.4) is 0 Å². The van der Waals surface area contributed by atoms with Gasteiger partial charge < -0.3 is 9.30 Å². The average Bonchev–Trinajstić information content (AvgIpc) is 2.99. The Labute approximate surface area is 151 Å². The minimum absolute atomic E-state index is 0.183. The predicted molar refractivity (Wildman–Crippen MR) is 97.5 cm³/mol. The Kier molecular flexibility index (Phi) is 3.98. The van der Waals surface area contributed by atoms with Gasteiger partial charge in [0.2, 0.25) is 10.0 Å². The minimum Gasteiger partial charge on any atom is -0.495 e. The van der Waals surface area contributed by atoms with Crippen LogP contribution >= 0.6 is 11.6 Å². The van der Waals surface area contributed by atoms with Gasteiger partial charge in [0, 0.05) is 24.3 Å². The molecule has 2 aromatic carbocycles. The molecule has 0 spiro atoms. The molecular formula is C18H17ClN2O3S. The number of ether oxygens (including phenoxy) is 1. The zero-order valence-electron chi connectivity index (χ0n) is 13.6. The highest BCUT2D eigenvalue weighted by Gasteiger charge is 2.29. The van der Waals surface area contributed by atoms with Gasteiger partial charge in [-0.2, -0.15) is 4.31 Å². The fraction of sp³-hybridized carbons (Fsp3) is 0.222. The first-order valence-corrected chi connectivity index (χ1v) is 9.73. The summed E-state index contributed by atoms with van der Waals surface area (Å²) in [6, 6.07) is 14.7. The number of sulfonamides is 1. The highest BCUT2D eigenvalue weighted by Crippen LogP contribution is 2.31. The van der Waals surface area contributed by atoms with Crippen molar-refractivity contribution in [3.05, 3.63) is 59.2 Å². The molecular weight excluding hydrogens is 360 g/mol. The summed E-state index contributed by atoms with van der Waals surface area (Å²) < 4.78 is 34.7. The molecule has 4 rings (SSSR count). The number of benzene rings is 2. The molecule has 2 heterocycles. The van der Waals surface area contributed by atoms with Crippen LogP contribution in [0.2, 0.25) is 5.02 Å². The Morgan fingerprint density at radius 2 is 1.88 bits per heavy atom. The SMILES string of the molecule is COc1ccc(S(=O)(=O)N2CCn3c(cc4ccccc43)C2)cc1Cl. The Morgan fingerprint density at radius 3 is 2.64 bits per heavy atom. The molecule has 1 aromatic heterocycles. The van der Waals surface area contributed by atoms with Gasteiger partial charge in [-0.3, -0.25) is 0 Å². The summed E-state index contributed by atoms with van der Waals surface area (Å²) in [5, 5.41) is 1.42. The van der Waals surface area contributed by atoms with Crippen molar-refractivity contribution in [1.82, 2.24) is 8.87 Å². The molecule has 7 heteroatoms. The van der Waals surface area contributed by atoms with E-state index >= 15 is 0 Å². The van der Waals surface area contributed by atoms with Gasteiger partial charge in [-0.05, 0) is 35.7 Å². The molecule has 0 bridgehead atoms. The van der Waals surface area contributed by atoms with Gasteiger partial charge in [-0.25, -0.2) is 8.42 Å². The number of rotatable bonds is 3. The van der Waals surface area contributed by atoms with Gasteiger partial charge >= 0.3 is 0 Å². The first-order valence-electron chi connectivity index (χ1n) is 7.91. The van der Waals surface area contributed by atoms with Crippen molar-refractivity contribution in [3.63, 3.8) is 0 Å². The lowest BCUT2D eigenvalue weighted by Gasteiger charge is -2.28. The summed E-state index contributed by atoms with van der Waals surface area (Å²) in [6.45, 7) is 1.41. The van der Waals surface area contributed by atoms with Crippen LogP contribution in [0.25, 0.3) is 10.9 Å². The van der Waals surface area contributed by atoms with E-state index in [-0.39, 0.29) is 9.92 Å². The van der Waals surface area contributed by atoms with Gasteiger partial charge in [0.15, 0.2) is 0 Å². The topological polar surface area (TPSA) is 51.5 Å². The molecule has 130 valence electrons. The minimum atomic E-state index is -3.61. The lowest BCUT2D eigenvalue weighted by atomic mass is 10.2. The van der Waals surface area contributed by atoms with Gasteiger partial charge in [0.25, 0.3) is 0 Å². The standard InChI is InChI=1S/C18H17ClN2O3S/c1-24-18-7-6-15(11-16(18)19)25(22,23)20-8-9-21-14(12-20)10-13-4-2-3-5-17(13)21/h2-7,10-11H,8-9,12H2,1H3. The second-order valence-electron chi connectivity index (χ2n) is 5.98. The van der Waals surface area contributed by atoms with Crippen molar-refractivity contribution in [3.8, 4) is 5.75 Å². The number of halogens is 1. The van der Waals surface area contributed by atoms with Crippen LogP contribution < -0.4 is 4.74 Å². The molecule has 0 unspecified atom stereocenters. The molecule has 0 saturated carbocycles. The number of aromatic nitrogens is 1. The van der Waals surface area contributed by atoms with Crippen molar-refractivity contribution < 1.29 is 13.2 Å². The van der Waals surface area contributed by atoms with E-state index < -0.39 is 10.0 Å². The highest BCUT2D eigenvalue weighted by molar-refractivity contribution is 7.89. The molecule has 0 radical (unpaired) electrons. The summed E-state index contributed by atoms with van der Waals surface area (Å²) in [6.07, 6.45) is 0. The van der Waals surface area contributed by atoms with Crippen LogP contribution in [0, 0.1) is 0 Å². The predicted octanol–water partition coefficient (Wildman–Crippen LogP) is 3.51. The van der Waals surface area contributed by atoms with E-state index in [1.165, 1.54) is 23.5 Å². The van der Waals surface area contributed by atoms with Crippen LogP contribution in [0.4, 0.5) is 0 Å². The van der Waals surface area contributed by atoms with Crippen LogP contribution in [0.15, 0.2) is 53.4 Å². The van der Waals surface area contributed by atoms with E-state index in [9.17, 15) is 8.42 Å². The van der Waals surface area contributed by atoms with Crippen molar-refractivity contribution >= 4 is 32.5 Å². The zero-order valence-corrected chi connectivity index (χ0v) is 15.2. The molecule has 0 atom stereocenters. The quantitative estimate of drug-likeness (QED) is 0.703. The van der Waals surface area contributed by atoms with E-state index in [4.69, 9.17) is 16.3 Å². The number of hydrogen-bond acceptors (Lipinski definition) is 3. The molecule has 0 fully saturated rings. The summed E-state index contributed by atoms with van der Waals surface area (Å²) in [5.74, 6) is 0.458. The molecule has 0 aliphatic carbocycles. The Morgan fingerprint density at radius 1 is 1.08 bits per heavy atom. The van der Waals surface area contributed by atoms with E-state index in [1.807, 2.05) is 18.2 Å². The molecule has 25 heavy (non-hydrogen) atoms. The maximum Gasteiger partial charge on any atom is 0.243 e. The van der Waals surface area contributed by atoms with E-state index in [0.29, 0.717) is 25.4 Å². The zero-order chi connectivity index (χ0) is 17.6. The number of hydrogen-bond donors (Lipinski definition) is 0. The van der Waals surface area contributed by atoms with Crippen LogP contribution in [-0.4, -0.2) is 30.9 Å². The maximum absolute atomic E-state index is 13.0. The van der Waals surface area contributed by atoms with Gasteiger partial charge in [-0.1, -0.05) is 29.8 Å². The van der Waals surface area contributed by atoms with Crippen molar-refractivity contribution in [2.75, 3.05) is 13.7 Å². The summed E-state index contributed by atoms with van der Waals surface area (Å²) >= 11 is 6.10. The highest BCUT2D eigenvalue weighted by atomic mass is 35.5. The fourth-order valence-electron chi connectivity index (χ4n) is 3.30. The second-order valence-corrected chi connectivity index (χ2v) is 8.33. The smallest absolute Gasteiger partial charge is 0.243 e. The van der Waals surface area contributed by atoms with Gasteiger partial charge in [0.05, 0.1) is 23.6 Å². The van der Waals surface area contributed by atoms with E-state index in [2.05, 4.69) is 16.7 Å². The third-order valence-electron chi connectivity index (χ3n) is 4.57. The summed E-state index contributed by atoms with van der Waals surface area (Å²) in [7, 11) is -2.11. The molecule has 1 aliphatic rings. The molecule has 0 saturated heterocycles. The van der Waals surface area contributed by atoms with E-state index in [0.717, 1.165) is 16.6 Å². The Hall–Kier alpha value is -2.02. The molecule has 0 amide bonds. The lowest BCUT2D eigenvalue weighted by molar-refractivity contribution is 0.345. The molecule has 5 nitrogen and oxygen atoms in total. The Bertz CT molecular complexity index is 1060. The van der Waals surface area contributed by atoms with E-state index in [1.54, 1.807) is 6.07 Å². The first kappa shape index (κ1) is 16.4. The number of nitrogens with zero attached hydrogens (tertiary/aromatic N) is 2. The van der Waals surface area contributed by atoms with Crippen molar-refractivity contribution in [2.45, 2.75) is 18.0 Å². The number of methoxy groups -OCH3 is 1. The lowest BCUT2D eigenvalue weighted by Crippen LogP contribution is -2.38. The first-order chi connectivity index (χ1) is 12.0. The van der Waals surface area contributed by atoms with Crippen LogP contribution in [0.5, 0.6) is 5.75 Å².